The third-order valence-electron chi connectivity index (χ3n) is 9.27. The molecule has 1 unspecified atom stereocenters. The Morgan fingerprint density at radius 3 is 1.85 bits per heavy atom. The zero-order chi connectivity index (χ0) is 34.0. The van der Waals surface area contributed by atoms with E-state index < -0.39 is 49.8 Å². The van der Waals surface area contributed by atoms with Crippen molar-refractivity contribution < 1.29 is 27.8 Å². The number of aromatic nitrogens is 2. The zero-order valence-corrected chi connectivity index (χ0v) is 28.9. The molecular formula is C36H43FN2O7Si. The molecule has 1 aromatic heterocycles. The van der Waals surface area contributed by atoms with Gasteiger partial charge in [-0.15, -0.1) is 0 Å². The number of nitrogens with zero attached hydrogens (tertiary/aromatic N) is 1. The van der Waals surface area contributed by atoms with Gasteiger partial charge in [-0.3, -0.25) is 14.3 Å². The summed E-state index contributed by atoms with van der Waals surface area (Å²) in [4.78, 5) is 26.8. The van der Waals surface area contributed by atoms with Gasteiger partial charge in [-0.25, -0.2) is 9.18 Å². The number of ether oxygens (including phenoxy) is 4. The Kier molecular flexibility index (Phi) is 9.93. The molecule has 2 heterocycles. The van der Waals surface area contributed by atoms with E-state index in [1.165, 1.54) is 12.3 Å². The molecule has 250 valence electrons. The van der Waals surface area contributed by atoms with Crippen molar-refractivity contribution in [3.8, 4) is 11.5 Å². The van der Waals surface area contributed by atoms with Gasteiger partial charge in [0.05, 0.1) is 20.8 Å². The first-order chi connectivity index (χ1) is 22.3. The Morgan fingerprint density at radius 1 is 0.830 bits per heavy atom. The van der Waals surface area contributed by atoms with E-state index in [0.717, 1.165) is 21.3 Å². The third kappa shape index (κ3) is 6.84. The van der Waals surface area contributed by atoms with Crippen LogP contribution in [0.1, 0.15) is 43.7 Å². The molecule has 1 aliphatic rings. The normalized spacial score (nSPS) is 20.3. The Labute approximate surface area is 275 Å². The molecule has 0 spiro atoms. The number of hydrogen-bond acceptors (Lipinski definition) is 7. The molecule has 47 heavy (non-hydrogen) atoms. The molecule has 1 fully saturated rings. The van der Waals surface area contributed by atoms with Crippen LogP contribution in [0.5, 0.6) is 11.5 Å². The molecule has 0 radical (unpaired) electrons. The molecule has 3 aromatic carbocycles. The van der Waals surface area contributed by atoms with Crippen LogP contribution in [0, 0.1) is 0 Å². The molecule has 0 aliphatic carbocycles. The van der Waals surface area contributed by atoms with Crippen LogP contribution in [0.25, 0.3) is 0 Å². The van der Waals surface area contributed by atoms with Crippen LogP contribution in [0.15, 0.2) is 101 Å². The lowest BCUT2D eigenvalue weighted by atomic mass is 9.80. The number of alkyl halides is 1. The molecule has 1 N–H and O–H groups in total. The lowest BCUT2D eigenvalue weighted by Gasteiger charge is -2.40. The zero-order valence-electron chi connectivity index (χ0n) is 27.9. The number of halogens is 1. The first-order valence-electron chi connectivity index (χ1n) is 15.6. The van der Waals surface area contributed by atoms with Gasteiger partial charge in [0, 0.05) is 12.3 Å². The predicted octanol–water partition coefficient (Wildman–Crippen LogP) is 6.19. The highest BCUT2D eigenvalue weighted by Crippen LogP contribution is 2.45. The van der Waals surface area contributed by atoms with E-state index in [0.29, 0.717) is 11.5 Å². The average Bonchev–Trinajstić information content (AvgIpc) is 3.35. The summed E-state index contributed by atoms with van der Waals surface area (Å²) in [6, 6.07) is 26.2. The summed E-state index contributed by atoms with van der Waals surface area (Å²) in [5, 5.41) is -0.231. The topological polar surface area (TPSA) is 101 Å². The number of methoxy groups -OCH3 is 2. The summed E-state index contributed by atoms with van der Waals surface area (Å²) in [5.74, 6) is 1.36. The first kappa shape index (κ1) is 34.3. The van der Waals surface area contributed by atoms with Crippen LogP contribution in [-0.2, 0) is 19.5 Å². The third-order valence-corrected chi connectivity index (χ3v) is 13.7. The largest absolute Gasteiger partial charge is 0.497 e. The Balaban J connectivity index is 1.62. The predicted molar refractivity (Wildman–Crippen MR) is 180 cm³/mol. The van der Waals surface area contributed by atoms with E-state index in [9.17, 15) is 9.59 Å². The van der Waals surface area contributed by atoms with Crippen molar-refractivity contribution in [2.75, 3.05) is 20.8 Å². The molecule has 0 bridgehead atoms. The summed E-state index contributed by atoms with van der Waals surface area (Å²) in [6.45, 7) is 10.2. The van der Waals surface area contributed by atoms with Crippen molar-refractivity contribution in [3.63, 3.8) is 0 Å². The summed E-state index contributed by atoms with van der Waals surface area (Å²) in [6.07, 6.45) is -3.79. The minimum absolute atomic E-state index is 0.0960. The van der Waals surface area contributed by atoms with Crippen molar-refractivity contribution in [2.24, 2.45) is 0 Å². The maximum absolute atomic E-state index is 16.6. The van der Waals surface area contributed by atoms with Crippen molar-refractivity contribution in [1.29, 1.82) is 0 Å². The number of aromatic amines is 1. The van der Waals surface area contributed by atoms with E-state index in [2.05, 4.69) is 25.8 Å². The smallest absolute Gasteiger partial charge is 0.330 e. The number of hydrogen-bond donors (Lipinski definition) is 1. The molecule has 0 amide bonds. The molecule has 1 aliphatic heterocycles. The molecule has 4 atom stereocenters. The maximum Gasteiger partial charge on any atom is 0.330 e. The summed E-state index contributed by atoms with van der Waals surface area (Å²) in [5.41, 5.74) is -0.0864. The molecule has 9 nitrogen and oxygen atoms in total. The lowest BCUT2D eigenvalue weighted by molar-refractivity contribution is -0.0937. The number of benzene rings is 3. The fourth-order valence-electron chi connectivity index (χ4n) is 5.62. The van der Waals surface area contributed by atoms with E-state index in [1.807, 2.05) is 92.0 Å². The summed E-state index contributed by atoms with van der Waals surface area (Å²) >= 11 is 0. The number of nitrogens with one attached hydrogen (secondary N) is 1. The highest BCUT2D eigenvalue weighted by molar-refractivity contribution is 6.74. The molecule has 4 aromatic rings. The van der Waals surface area contributed by atoms with Crippen molar-refractivity contribution in [3.05, 3.63) is 129 Å². The van der Waals surface area contributed by atoms with Gasteiger partial charge in [-0.05, 0) is 59.1 Å². The van der Waals surface area contributed by atoms with Crippen molar-refractivity contribution in [2.45, 2.75) is 69.1 Å². The Hall–Kier alpha value is -4.03. The van der Waals surface area contributed by atoms with E-state index in [4.69, 9.17) is 23.4 Å². The fraction of sp³-hybridized carbons (Fsp3) is 0.389. The van der Waals surface area contributed by atoms with Crippen LogP contribution < -0.4 is 20.7 Å². The number of rotatable bonds is 11. The maximum atomic E-state index is 16.6. The summed E-state index contributed by atoms with van der Waals surface area (Å²) < 4.78 is 48.6. The highest BCUT2D eigenvalue weighted by atomic mass is 28.4. The lowest BCUT2D eigenvalue weighted by Crippen LogP contribution is -2.49. The van der Waals surface area contributed by atoms with Gasteiger partial charge in [0.25, 0.3) is 5.56 Å². The van der Waals surface area contributed by atoms with E-state index in [-0.39, 0.29) is 11.6 Å². The van der Waals surface area contributed by atoms with Gasteiger partial charge >= 0.3 is 5.69 Å². The molecule has 5 rings (SSSR count). The molecule has 11 heteroatoms. The second kappa shape index (κ2) is 13.6. The van der Waals surface area contributed by atoms with Crippen LogP contribution in [0.4, 0.5) is 4.39 Å². The summed E-state index contributed by atoms with van der Waals surface area (Å²) in [7, 11) is 0.673. The second-order valence-electron chi connectivity index (χ2n) is 13.2. The minimum atomic E-state index is -2.54. The van der Waals surface area contributed by atoms with Gasteiger partial charge in [-0.2, -0.15) is 0 Å². The Bertz CT molecular complexity index is 1700. The van der Waals surface area contributed by atoms with Crippen molar-refractivity contribution in [1.82, 2.24) is 9.55 Å². The van der Waals surface area contributed by atoms with Gasteiger partial charge < -0.3 is 23.4 Å². The SMILES string of the molecule is COc1ccc(C(OC[C@H]2O[C@@H](n3ccc(=O)[nH]c3=O)[C@@H](F)C2O[Si](C)(C)C(C)(C)C)(c2ccccc2)c2ccc(OC)cc2)cc1. The standard InChI is InChI=1S/C36H43FN2O7Si/c1-35(2,3)47(6,7)46-32-29(45-33(31(32)37)39-22-21-30(40)38-34(39)41)23-44-36(24-11-9-8-10-12-24,25-13-17-27(42-4)18-14-25)26-15-19-28(43-5)20-16-26/h8-22,29,31-33H,23H2,1-7H3,(H,38,40,41)/t29-,31+,32?,33-/m1/s1. The van der Waals surface area contributed by atoms with E-state index >= 15 is 4.39 Å². The molecule has 1 saturated heterocycles. The molecular weight excluding hydrogens is 619 g/mol. The highest BCUT2D eigenvalue weighted by Gasteiger charge is 2.52. The van der Waals surface area contributed by atoms with Crippen LogP contribution in [-0.4, -0.2) is 57.1 Å². The van der Waals surface area contributed by atoms with Crippen LogP contribution in [0.3, 0.4) is 0 Å². The number of H-pyrrole nitrogens is 1. The van der Waals surface area contributed by atoms with Crippen LogP contribution >= 0.6 is 0 Å². The quantitative estimate of drug-likeness (QED) is 0.151. The van der Waals surface area contributed by atoms with Gasteiger partial charge in [0.2, 0.25) is 0 Å². The van der Waals surface area contributed by atoms with Crippen LogP contribution in [0.2, 0.25) is 18.1 Å². The van der Waals surface area contributed by atoms with Gasteiger partial charge in [0.1, 0.15) is 29.3 Å². The second-order valence-corrected chi connectivity index (χ2v) is 17.9. The molecule has 0 saturated carbocycles. The Morgan fingerprint density at radius 2 is 1.36 bits per heavy atom. The average molecular weight is 663 g/mol. The van der Waals surface area contributed by atoms with Gasteiger partial charge in [0.15, 0.2) is 20.7 Å². The first-order valence-corrected chi connectivity index (χ1v) is 18.5. The van der Waals surface area contributed by atoms with Gasteiger partial charge in [-0.1, -0.05) is 75.4 Å². The minimum Gasteiger partial charge on any atom is -0.497 e. The monoisotopic (exact) mass is 662 g/mol. The van der Waals surface area contributed by atoms with Crippen molar-refractivity contribution >= 4 is 8.32 Å². The fourth-order valence-corrected chi connectivity index (χ4v) is 6.93. The van der Waals surface area contributed by atoms with E-state index in [1.54, 1.807) is 14.2 Å².